The van der Waals surface area contributed by atoms with Gasteiger partial charge in [0.15, 0.2) is 5.82 Å². The Balaban J connectivity index is 2.52. The number of hydrogen-bond donors (Lipinski definition) is 1. The van der Waals surface area contributed by atoms with E-state index in [2.05, 4.69) is 36.2 Å². The number of aryl methyl sites for hydroxylation is 1. The normalized spacial score (nSPS) is 10.6. The molecule has 0 saturated heterocycles. The van der Waals surface area contributed by atoms with Gasteiger partial charge in [0, 0.05) is 19.9 Å². The van der Waals surface area contributed by atoms with Crippen LogP contribution in [0, 0.1) is 6.92 Å². The minimum atomic E-state index is 0.417. The van der Waals surface area contributed by atoms with E-state index in [-0.39, 0.29) is 0 Å². The third-order valence-corrected chi connectivity index (χ3v) is 3.52. The van der Waals surface area contributed by atoms with Gasteiger partial charge in [-0.15, -0.1) is 0 Å². The molecule has 0 aliphatic carbocycles. The largest absolute Gasteiger partial charge is 0.378 e. The summed E-state index contributed by atoms with van der Waals surface area (Å²) in [6.07, 6.45) is 1.76. The quantitative estimate of drug-likeness (QED) is 0.908. The number of anilines is 1. The van der Waals surface area contributed by atoms with Crippen molar-refractivity contribution in [2.75, 3.05) is 19.0 Å². The molecule has 0 atom stereocenters. The summed E-state index contributed by atoms with van der Waals surface area (Å²) in [5.74, 6) is 1.35. The van der Waals surface area contributed by atoms with E-state index in [1.807, 2.05) is 26.0 Å². The van der Waals surface area contributed by atoms with Crippen LogP contribution in [0.2, 0.25) is 0 Å². The van der Waals surface area contributed by atoms with Crippen molar-refractivity contribution in [2.24, 2.45) is 0 Å². The van der Waals surface area contributed by atoms with E-state index < -0.39 is 0 Å². The summed E-state index contributed by atoms with van der Waals surface area (Å²) < 4.78 is 6.02. The van der Waals surface area contributed by atoms with Crippen LogP contribution in [-0.2, 0) is 11.3 Å². The van der Waals surface area contributed by atoms with Crippen LogP contribution >= 0.6 is 15.9 Å². The molecule has 5 nitrogen and oxygen atoms in total. The molecule has 0 spiro atoms. The zero-order valence-electron chi connectivity index (χ0n) is 11.8. The molecule has 106 valence electrons. The number of methoxy groups -OCH3 is 1. The van der Waals surface area contributed by atoms with Crippen LogP contribution in [0.5, 0.6) is 0 Å². The molecular weight excluding hydrogens is 320 g/mol. The molecule has 2 aromatic heterocycles. The fourth-order valence-electron chi connectivity index (χ4n) is 1.78. The Morgan fingerprint density at radius 2 is 2.15 bits per heavy atom. The van der Waals surface area contributed by atoms with Crippen molar-refractivity contribution in [2.45, 2.75) is 20.5 Å². The number of rotatable bonds is 5. The maximum Gasteiger partial charge on any atom is 0.180 e. The van der Waals surface area contributed by atoms with Crippen molar-refractivity contribution < 1.29 is 4.74 Å². The number of nitrogens with zero attached hydrogens (tertiary/aromatic N) is 3. The van der Waals surface area contributed by atoms with Crippen LogP contribution in [-0.4, -0.2) is 28.6 Å². The van der Waals surface area contributed by atoms with E-state index in [1.54, 1.807) is 13.3 Å². The van der Waals surface area contributed by atoms with Crippen molar-refractivity contribution in [3.63, 3.8) is 0 Å². The van der Waals surface area contributed by atoms with Crippen LogP contribution in [0.3, 0.4) is 0 Å². The zero-order valence-corrected chi connectivity index (χ0v) is 13.4. The Morgan fingerprint density at radius 3 is 2.80 bits per heavy atom. The number of ether oxygens (including phenoxy) is 1. The first kappa shape index (κ1) is 14.9. The average molecular weight is 337 g/mol. The van der Waals surface area contributed by atoms with E-state index in [0.717, 1.165) is 33.8 Å². The predicted molar refractivity (Wildman–Crippen MR) is 82.6 cm³/mol. The SMILES string of the molecule is CCNc1nc(-c2cc(C)ccn2)nc(COC)c1Br. The predicted octanol–water partition coefficient (Wildman–Crippen LogP) is 3.19. The van der Waals surface area contributed by atoms with Gasteiger partial charge in [-0.25, -0.2) is 9.97 Å². The van der Waals surface area contributed by atoms with Crippen LogP contribution < -0.4 is 5.32 Å². The van der Waals surface area contributed by atoms with Gasteiger partial charge in [0.2, 0.25) is 0 Å². The zero-order chi connectivity index (χ0) is 14.5. The van der Waals surface area contributed by atoms with E-state index in [0.29, 0.717) is 12.4 Å². The summed E-state index contributed by atoms with van der Waals surface area (Å²) in [6, 6.07) is 3.92. The van der Waals surface area contributed by atoms with E-state index in [9.17, 15) is 0 Å². The first-order chi connectivity index (χ1) is 9.65. The van der Waals surface area contributed by atoms with Crippen molar-refractivity contribution in [1.29, 1.82) is 0 Å². The second-order valence-electron chi connectivity index (χ2n) is 4.34. The van der Waals surface area contributed by atoms with Crippen LogP contribution in [0.1, 0.15) is 18.2 Å². The Hall–Kier alpha value is -1.53. The second kappa shape index (κ2) is 6.76. The van der Waals surface area contributed by atoms with Gasteiger partial charge >= 0.3 is 0 Å². The van der Waals surface area contributed by atoms with Crippen molar-refractivity contribution in [1.82, 2.24) is 15.0 Å². The Morgan fingerprint density at radius 1 is 1.35 bits per heavy atom. The van der Waals surface area contributed by atoms with Crippen LogP contribution in [0.25, 0.3) is 11.5 Å². The first-order valence-electron chi connectivity index (χ1n) is 6.38. The van der Waals surface area contributed by atoms with E-state index >= 15 is 0 Å². The van der Waals surface area contributed by atoms with Gasteiger partial charge in [0.1, 0.15) is 11.5 Å². The molecule has 2 heterocycles. The van der Waals surface area contributed by atoms with Gasteiger partial charge in [-0.1, -0.05) is 0 Å². The summed E-state index contributed by atoms with van der Waals surface area (Å²) >= 11 is 3.52. The lowest BCUT2D eigenvalue weighted by Gasteiger charge is -2.11. The smallest absolute Gasteiger partial charge is 0.180 e. The van der Waals surface area contributed by atoms with Crippen LogP contribution in [0.15, 0.2) is 22.8 Å². The average Bonchev–Trinajstić information content (AvgIpc) is 2.43. The second-order valence-corrected chi connectivity index (χ2v) is 5.13. The fourth-order valence-corrected chi connectivity index (χ4v) is 2.22. The summed E-state index contributed by atoms with van der Waals surface area (Å²) in [5, 5.41) is 3.22. The molecule has 0 amide bonds. The highest BCUT2D eigenvalue weighted by molar-refractivity contribution is 9.10. The molecule has 1 N–H and O–H groups in total. The molecule has 0 radical (unpaired) electrons. The van der Waals surface area contributed by atoms with Gasteiger partial charge in [0.25, 0.3) is 0 Å². The molecule has 6 heteroatoms. The van der Waals surface area contributed by atoms with Gasteiger partial charge in [-0.2, -0.15) is 0 Å². The third-order valence-electron chi connectivity index (χ3n) is 2.69. The van der Waals surface area contributed by atoms with Crippen molar-refractivity contribution in [3.8, 4) is 11.5 Å². The van der Waals surface area contributed by atoms with Gasteiger partial charge in [-0.05, 0) is 47.5 Å². The lowest BCUT2D eigenvalue weighted by atomic mass is 10.2. The lowest BCUT2D eigenvalue weighted by molar-refractivity contribution is 0.181. The number of halogens is 1. The standard InChI is InChI=1S/C14H17BrN4O/c1-4-16-14-12(15)11(8-20-3)18-13(19-14)10-7-9(2)5-6-17-10/h5-7H,4,8H2,1-3H3,(H,16,18,19). The molecule has 0 saturated carbocycles. The highest BCUT2D eigenvalue weighted by Crippen LogP contribution is 2.27. The molecular formula is C14H17BrN4O. The number of hydrogen-bond acceptors (Lipinski definition) is 5. The Bertz CT molecular complexity index is 576. The summed E-state index contributed by atoms with van der Waals surface area (Å²) in [7, 11) is 1.64. The van der Waals surface area contributed by atoms with Crippen LogP contribution in [0.4, 0.5) is 5.82 Å². The number of aromatic nitrogens is 3. The lowest BCUT2D eigenvalue weighted by Crippen LogP contribution is -2.07. The minimum Gasteiger partial charge on any atom is -0.378 e. The van der Waals surface area contributed by atoms with Crippen molar-refractivity contribution in [3.05, 3.63) is 34.1 Å². The number of nitrogens with one attached hydrogen (secondary N) is 1. The molecule has 0 bridgehead atoms. The summed E-state index contributed by atoms with van der Waals surface area (Å²) in [5.41, 5.74) is 2.69. The van der Waals surface area contributed by atoms with Gasteiger partial charge < -0.3 is 10.1 Å². The van der Waals surface area contributed by atoms with Gasteiger partial charge in [0.05, 0.1) is 16.8 Å². The molecule has 0 unspecified atom stereocenters. The molecule has 0 fully saturated rings. The van der Waals surface area contributed by atoms with Crippen molar-refractivity contribution >= 4 is 21.7 Å². The third kappa shape index (κ3) is 3.32. The number of pyridine rings is 1. The summed E-state index contributed by atoms with van der Waals surface area (Å²) in [6.45, 7) is 5.24. The minimum absolute atomic E-state index is 0.417. The van der Waals surface area contributed by atoms with Gasteiger partial charge in [-0.3, -0.25) is 4.98 Å². The summed E-state index contributed by atoms with van der Waals surface area (Å²) in [4.78, 5) is 13.4. The molecule has 0 aromatic carbocycles. The first-order valence-corrected chi connectivity index (χ1v) is 7.17. The maximum absolute atomic E-state index is 5.19. The molecule has 20 heavy (non-hydrogen) atoms. The molecule has 2 rings (SSSR count). The maximum atomic E-state index is 5.19. The topological polar surface area (TPSA) is 59.9 Å². The highest BCUT2D eigenvalue weighted by Gasteiger charge is 2.13. The molecule has 2 aromatic rings. The monoisotopic (exact) mass is 336 g/mol. The molecule has 0 aliphatic heterocycles. The van der Waals surface area contributed by atoms with E-state index in [4.69, 9.17) is 4.74 Å². The van der Waals surface area contributed by atoms with E-state index in [1.165, 1.54) is 0 Å². The Kier molecular flexibility index (Phi) is 5.03. The highest BCUT2D eigenvalue weighted by atomic mass is 79.9. The fraction of sp³-hybridized carbons (Fsp3) is 0.357. The Labute approximate surface area is 127 Å². The molecule has 0 aliphatic rings.